The molecule has 1 aliphatic heterocycles. The van der Waals surface area contributed by atoms with Gasteiger partial charge in [0.05, 0.1) is 19.3 Å². The maximum absolute atomic E-state index is 9.59. The molecule has 1 aromatic rings. The Morgan fingerprint density at radius 1 is 1.39 bits per heavy atom. The maximum Gasteiger partial charge on any atom is 0.116 e. The number of hydrogen-bond acceptors (Lipinski definition) is 3. The van der Waals surface area contributed by atoms with Gasteiger partial charge in [-0.05, 0) is 48.1 Å². The second-order valence-corrected chi connectivity index (χ2v) is 5.93. The molecule has 3 heteroatoms. The third kappa shape index (κ3) is 5.08. The number of phenols is 1. The lowest BCUT2D eigenvalue weighted by Gasteiger charge is -2.17. The standard InChI is InChI=1S/C20H26O3/c1-3-5-16(12-17-6-4-7-18(22)13-17)8-9-20-19(10-11-23-20)15(2)14-21/h4,6-7,10,12-13,20-22H,2-3,5,8-9,11,14H2,1H3/b16-12+. The van der Waals surface area contributed by atoms with Gasteiger partial charge >= 0.3 is 0 Å². The van der Waals surface area contributed by atoms with E-state index in [1.54, 1.807) is 12.1 Å². The SMILES string of the molecule is C=C(CO)C1=CCOC1CC/C(=C/c1cccc(O)c1)CCC. The van der Waals surface area contributed by atoms with E-state index in [0.29, 0.717) is 6.61 Å². The van der Waals surface area contributed by atoms with Crippen LogP contribution < -0.4 is 0 Å². The predicted octanol–water partition coefficient (Wildman–Crippen LogP) is 4.23. The zero-order chi connectivity index (χ0) is 16.7. The monoisotopic (exact) mass is 314 g/mol. The van der Waals surface area contributed by atoms with Crippen LogP contribution in [0.2, 0.25) is 0 Å². The molecule has 124 valence electrons. The summed E-state index contributed by atoms with van der Waals surface area (Å²) in [7, 11) is 0. The molecule has 0 aliphatic carbocycles. The molecule has 0 fully saturated rings. The minimum Gasteiger partial charge on any atom is -0.508 e. The fraction of sp³-hybridized carbons (Fsp3) is 0.400. The lowest BCUT2D eigenvalue weighted by atomic mass is 9.95. The van der Waals surface area contributed by atoms with Crippen LogP contribution in [0.15, 0.2) is 53.6 Å². The van der Waals surface area contributed by atoms with Gasteiger partial charge in [-0.3, -0.25) is 0 Å². The van der Waals surface area contributed by atoms with Gasteiger partial charge in [0, 0.05) is 0 Å². The Kier molecular flexibility index (Phi) is 6.63. The average molecular weight is 314 g/mol. The highest BCUT2D eigenvalue weighted by Crippen LogP contribution is 2.28. The second kappa shape index (κ2) is 8.70. The second-order valence-electron chi connectivity index (χ2n) is 5.93. The summed E-state index contributed by atoms with van der Waals surface area (Å²) in [6.45, 7) is 6.65. The summed E-state index contributed by atoms with van der Waals surface area (Å²) >= 11 is 0. The molecule has 1 heterocycles. The normalized spacial score (nSPS) is 18.1. The largest absolute Gasteiger partial charge is 0.508 e. The first-order chi connectivity index (χ1) is 11.1. The van der Waals surface area contributed by atoms with E-state index in [2.05, 4.69) is 19.6 Å². The first-order valence-corrected chi connectivity index (χ1v) is 8.23. The number of benzene rings is 1. The Labute approximate surface area is 138 Å². The zero-order valence-corrected chi connectivity index (χ0v) is 13.8. The number of ether oxygens (including phenoxy) is 1. The Morgan fingerprint density at radius 3 is 2.91 bits per heavy atom. The highest BCUT2D eigenvalue weighted by atomic mass is 16.5. The Balaban J connectivity index is 2.03. The van der Waals surface area contributed by atoms with Crippen LogP contribution in [0, 0.1) is 0 Å². The Hall–Kier alpha value is -1.84. The van der Waals surface area contributed by atoms with E-state index in [1.165, 1.54) is 5.57 Å². The molecule has 0 saturated heterocycles. The maximum atomic E-state index is 9.59. The van der Waals surface area contributed by atoms with Crippen LogP contribution in [0.5, 0.6) is 5.75 Å². The molecule has 1 atom stereocenters. The molecule has 0 radical (unpaired) electrons. The summed E-state index contributed by atoms with van der Waals surface area (Å²) in [4.78, 5) is 0. The van der Waals surface area contributed by atoms with Gasteiger partial charge < -0.3 is 14.9 Å². The molecule has 2 rings (SSSR count). The summed E-state index contributed by atoms with van der Waals surface area (Å²) in [5.74, 6) is 0.290. The van der Waals surface area contributed by atoms with E-state index >= 15 is 0 Å². The van der Waals surface area contributed by atoms with Gasteiger partial charge in [-0.2, -0.15) is 0 Å². The molecule has 1 unspecified atom stereocenters. The molecule has 23 heavy (non-hydrogen) atoms. The average Bonchev–Trinajstić information content (AvgIpc) is 3.00. The van der Waals surface area contributed by atoms with Gasteiger partial charge in [0.2, 0.25) is 0 Å². The zero-order valence-electron chi connectivity index (χ0n) is 13.8. The molecule has 0 saturated carbocycles. The summed E-state index contributed by atoms with van der Waals surface area (Å²) in [6, 6.07) is 7.32. The van der Waals surface area contributed by atoms with E-state index in [0.717, 1.165) is 42.4 Å². The third-order valence-corrected chi connectivity index (χ3v) is 4.09. The molecule has 0 amide bonds. The van der Waals surface area contributed by atoms with Crippen molar-refractivity contribution < 1.29 is 14.9 Å². The minimum atomic E-state index is -0.0212. The van der Waals surface area contributed by atoms with Crippen LogP contribution >= 0.6 is 0 Å². The quantitative estimate of drug-likeness (QED) is 0.755. The van der Waals surface area contributed by atoms with E-state index in [4.69, 9.17) is 4.74 Å². The van der Waals surface area contributed by atoms with Crippen molar-refractivity contribution in [3.05, 3.63) is 59.2 Å². The van der Waals surface area contributed by atoms with E-state index < -0.39 is 0 Å². The van der Waals surface area contributed by atoms with Crippen molar-refractivity contribution in [3.63, 3.8) is 0 Å². The predicted molar refractivity (Wildman–Crippen MR) is 94.3 cm³/mol. The van der Waals surface area contributed by atoms with E-state index in [1.807, 2.05) is 18.2 Å². The molecule has 0 spiro atoms. The van der Waals surface area contributed by atoms with Crippen molar-refractivity contribution in [3.8, 4) is 5.75 Å². The summed E-state index contributed by atoms with van der Waals surface area (Å²) in [5, 5.41) is 18.9. The Morgan fingerprint density at radius 2 is 2.22 bits per heavy atom. The van der Waals surface area contributed by atoms with Gasteiger partial charge in [0.1, 0.15) is 5.75 Å². The number of phenolic OH excluding ortho intramolecular Hbond substituents is 1. The van der Waals surface area contributed by atoms with E-state index in [9.17, 15) is 10.2 Å². The number of rotatable bonds is 8. The molecule has 0 aromatic heterocycles. The van der Waals surface area contributed by atoms with Gasteiger partial charge in [0.15, 0.2) is 0 Å². The fourth-order valence-electron chi connectivity index (χ4n) is 2.93. The highest BCUT2D eigenvalue weighted by molar-refractivity contribution is 5.54. The van der Waals surface area contributed by atoms with Gasteiger partial charge in [-0.1, -0.05) is 49.8 Å². The number of hydrogen-bond donors (Lipinski definition) is 2. The molecular weight excluding hydrogens is 288 g/mol. The molecule has 1 aromatic carbocycles. The first kappa shape index (κ1) is 17.5. The lowest BCUT2D eigenvalue weighted by molar-refractivity contribution is 0.115. The van der Waals surface area contributed by atoms with Crippen LogP contribution in [0.4, 0.5) is 0 Å². The smallest absolute Gasteiger partial charge is 0.116 e. The van der Waals surface area contributed by atoms with Crippen molar-refractivity contribution in [2.75, 3.05) is 13.2 Å². The van der Waals surface area contributed by atoms with Crippen LogP contribution in [-0.4, -0.2) is 29.5 Å². The van der Waals surface area contributed by atoms with Crippen molar-refractivity contribution >= 4 is 6.08 Å². The summed E-state index contributed by atoms with van der Waals surface area (Å²) in [6.07, 6.45) is 8.13. The first-order valence-electron chi connectivity index (χ1n) is 8.23. The molecule has 0 bridgehead atoms. The minimum absolute atomic E-state index is 0.0212. The highest BCUT2D eigenvalue weighted by Gasteiger charge is 2.21. The van der Waals surface area contributed by atoms with E-state index in [-0.39, 0.29) is 18.5 Å². The molecule has 1 aliphatic rings. The number of aromatic hydroxyl groups is 1. The van der Waals surface area contributed by atoms with Crippen LogP contribution in [0.25, 0.3) is 6.08 Å². The third-order valence-electron chi connectivity index (χ3n) is 4.09. The molecule has 3 nitrogen and oxygen atoms in total. The van der Waals surface area contributed by atoms with Gasteiger partial charge in [-0.15, -0.1) is 0 Å². The Bertz CT molecular complexity index is 599. The van der Waals surface area contributed by atoms with Crippen molar-refractivity contribution in [1.82, 2.24) is 0 Å². The van der Waals surface area contributed by atoms with Crippen molar-refractivity contribution in [2.24, 2.45) is 0 Å². The van der Waals surface area contributed by atoms with Crippen molar-refractivity contribution in [2.45, 2.75) is 38.7 Å². The molecule has 2 N–H and O–H groups in total. The summed E-state index contributed by atoms with van der Waals surface area (Å²) in [5.41, 5.74) is 4.17. The number of aliphatic hydroxyl groups excluding tert-OH is 1. The van der Waals surface area contributed by atoms with Crippen LogP contribution in [0.3, 0.4) is 0 Å². The van der Waals surface area contributed by atoms with Gasteiger partial charge in [0.25, 0.3) is 0 Å². The number of allylic oxidation sites excluding steroid dienone is 1. The number of aliphatic hydroxyl groups is 1. The molecular formula is C20H26O3. The topological polar surface area (TPSA) is 49.7 Å². The lowest BCUT2D eigenvalue weighted by Crippen LogP contribution is -2.13. The van der Waals surface area contributed by atoms with Crippen LogP contribution in [-0.2, 0) is 4.74 Å². The van der Waals surface area contributed by atoms with Crippen LogP contribution in [0.1, 0.15) is 38.2 Å². The summed E-state index contributed by atoms with van der Waals surface area (Å²) < 4.78 is 5.75. The van der Waals surface area contributed by atoms with Crippen molar-refractivity contribution in [1.29, 1.82) is 0 Å². The fourth-order valence-corrected chi connectivity index (χ4v) is 2.93. The van der Waals surface area contributed by atoms with Gasteiger partial charge in [-0.25, -0.2) is 0 Å².